The van der Waals surface area contributed by atoms with Crippen molar-refractivity contribution in [3.8, 4) is 16.9 Å². The number of urea groups is 1. The van der Waals surface area contributed by atoms with Gasteiger partial charge in [0.1, 0.15) is 34.9 Å². The molecule has 4 fully saturated rings. The van der Waals surface area contributed by atoms with Crippen molar-refractivity contribution >= 4 is 64.1 Å². The molecule has 1 spiro atoms. The van der Waals surface area contributed by atoms with Crippen molar-refractivity contribution in [3.63, 3.8) is 0 Å². The number of H-pyrrole nitrogens is 1. The molecule has 5 aromatic rings. The van der Waals surface area contributed by atoms with Gasteiger partial charge in [-0.3, -0.25) is 24.5 Å². The molecule has 406 valence electrons. The number of anilines is 3. The Bertz CT molecular complexity index is 3050. The van der Waals surface area contributed by atoms with Crippen molar-refractivity contribution in [1.29, 1.82) is 0 Å². The van der Waals surface area contributed by atoms with Gasteiger partial charge in [-0.05, 0) is 130 Å². The van der Waals surface area contributed by atoms with Crippen LogP contribution in [0.5, 0.6) is 5.75 Å². The lowest BCUT2D eigenvalue weighted by Gasteiger charge is -2.48. The number of imidazole rings is 1. The number of nitrogens with zero attached hydrogens (tertiary/aromatic N) is 8. The zero-order valence-electron chi connectivity index (χ0n) is 44.9. The lowest BCUT2D eigenvalue weighted by atomic mass is 9.71. The number of hydrogen-bond donors (Lipinski definition) is 4. The number of pyridine rings is 2. The van der Waals surface area contributed by atoms with E-state index in [4.69, 9.17) is 19.4 Å². The molecule has 0 aliphatic carbocycles. The number of amides is 7. The number of fused-ring (bicyclic) bond motifs is 2. The fourth-order valence-corrected chi connectivity index (χ4v) is 11.3. The van der Waals surface area contributed by atoms with E-state index < -0.39 is 23.6 Å². The van der Waals surface area contributed by atoms with Crippen molar-refractivity contribution in [2.75, 3.05) is 69.2 Å². The van der Waals surface area contributed by atoms with E-state index in [2.05, 4.69) is 57.7 Å². The summed E-state index contributed by atoms with van der Waals surface area (Å²) < 4.78 is 11.6. The van der Waals surface area contributed by atoms with Gasteiger partial charge < -0.3 is 49.6 Å². The van der Waals surface area contributed by atoms with E-state index in [0.29, 0.717) is 87.3 Å². The number of benzene rings is 2. The van der Waals surface area contributed by atoms with Crippen molar-refractivity contribution in [2.24, 2.45) is 10.8 Å². The first-order chi connectivity index (χ1) is 36.7. The number of hydrogen-bond acceptors (Lipinski definition) is 13. The number of aromatic nitrogens is 4. The lowest BCUT2D eigenvalue weighted by molar-refractivity contribution is -0.137. The Morgan fingerprint density at radius 3 is 2.22 bits per heavy atom. The average Bonchev–Trinajstić information content (AvgIpc) is 3.99. The van der Waals surface area contributed by atoms with Crippen molar-refractivity contribution in [3.05, 3.63) is 90.0 Å². The Kier molecular flexibility index (Phi) is 14.6. The molecule has 2 aromatic carbocycles. The van der Waals surface area contributed by atoms with Crippen LogP contribution in [-0.4, -0.2) is 146 Å². The fourth-order valence-electron chi connectivity index (χ4n) is 11.3. The van der Waals surface area contributed by atoms with E-state index in [-0.39, 0.29) is 66.6 Å². The van der Waals surface area contributed by atoms with Crippen LogP contribution in [0.25, 0.3) is 22.2 Å². The number of piperidine rings is 3. The molecule has 20 nitrogen and oxygen atoms in total. The maximum Gasteiger partial charge on any atom is 0.408 e. The Hall–Kier alpha value is -7.77. The third-order valence-corrected chi connectivity index (χ3v) is 15.5. The summed E-state index contributed by atoms with van der Waals surface area (Å²) in [4.78, 5) is 105. The van der Waals surface area contributed by atoms with Crippen LogP contribution < -0.4 is 25.6 Å². The summed E-state index contributed by atoms with van der Waals surface area (Å²) in [6, 6.07) is 18.1. The highest BCUT2D eigenvalue weighted by Gasteiger charge is 2.42. The minimum atomic E-state index is -0.730. The fraction of sp³-hybridized carbons (Fsp3) is 0.491. The Morgan fingerprint density at radius 1 is 0.818 bits per heavy atom. The molecular formula is C57H70N12O8. The van der Waals surface area contributed by atoms with Gasteiger partial charge in [-0.1, -0.05) is 32.9 Å². The Labute approximate surface area is 448 Å². The second kappa shape index (κ2) is 21.3. The summed E-state index contributed by atoms with van der Waals surface area (Å²) in [5.74, 6) is 1.41. The monoisotopic (exact) mass is 1050 g/mol. The van der Waals surface area contributed by atoms with E-state index in [1.165, 1.54) is 4.90 Å². The summed E-state index contributed by atoms with van der Waals surface area (Å²) in [7, 11) is 0. The van der Waals surface area contributed by atoms with Gasteiger partial charge in [0.2, 0.25) is 11.8 Å². The van der Waals surface area contributed by atoms with Crippen LogP contribution in [0, 0.1) is 10.8 Å². The summed E-state index contributed by atoms with van der Waals surface area (Å²) in [6.07, 6.45) is 7.71. The largest absolute Gasteiger partial charge is 0.483 e. The van der Waals surface area contributed by atoms with E-state index in [1.54, 1.807) is 30.6 Å². The molecule has 0 bridgehead atoms. The number of aromatic amines is 1. The third kappa shape index (κ3) is 12.1. The van der Waals surface area contributed by atoms with Gasteiger partial charge in [0.05, 0.1) is 35.5 Å². The number of carbonyl (C=O) groups excluding carboxylic acids is 6. The van der Waals surface area contributed by atoms with Gasteiger partial charge in [-0.15, -0.1) is 0 Å². The van der Waals surface area contributed by atoms with Crippen LogP contribution in [0.3, 0.4) is 0 Å². The van der Waals surface area contributed by atoms with Crippen LogP contribution in [0.15, 0.2) is 73.1 Å². The van der Waals surface area contributed by atoms with Gasteiger partial charge in [0.15, 0.2) is 6.61 Å². The number of nitrogens with one attached hydrogen (secondary N) is 4. The van der Waals surface area contributed by atoms with Gasteiger partial charge in [0, 0.05) is 76.1 Å². The third-order valence-electron chi connectivity index (χ3n) is 15.5. The normalized spacial score (nSPS) is 19.3. The maximum absolute atomic E-state index is 13.8. The quantitative estimate of drug-likeness (QED) is 0.0939. The van der Waals surface area contributed by atoms with E-state index in [9.17, 15) is 28.8 Å². The molecule has 8 heterocycles. The molecule has 2 unspecified atom stereocenters. The molecule has 10 rings (SSSR count). The molecular weight excluding hydrogens is 981 g/mol. The van der Waals surface area contributed by atoms with E-state index in [1.807, 2.05) is 71.9 Å². The average molecular weight is 1050 g/mol. The Morgan fingerprint density at radius 2 is 1.53 bits per heavy atom. The lowest BCUT2D eigenvalue weighted by Crippen LogP contribution is -2.56. The number of likely N-dealkylation sites (tertiary alicyclic amines) is 2. The zero-order valence-corrected chi connectivity index (χ0v) is 44.9. The molecule has 77 heavy (non-hydrogen) atoms. The number of alkyl carbamates (subject to hydrolysis) is 1. The van der Waals surface area contributed by atoms with Crippen LogP contribution >= 0.6 is 0 Å². The van der Waals surface area contributed by atoms with Crippen LogP contribution in [0.4, 0.5) is 26.9 Å². The summed E-state index contributed by atoms with van der Waals surface area (Å²) in [5, 5.41) is 8.76. The van der Waals surface area contributed by atoms with Crippen LogP contribution in [-0.2, 0) is 25.7 Å². The molecule has 20 heteroatoms. The first kappa shape index (κ1) is 52.7. The molecule has 2 atom stereocenters. The first-order valence-electron chi connectivity index (χ1n) is 26.9. The number of ether oxygens (including phenoxy) is 2. The highest BCUT2D eigenvalue weighted by atomic mass is 16.6. The van der Waals surface area contributed by atoms with Crippen LogP contribution in [0.2, 0.25) is 0 Å². The maximum atomic E-state index is 13.8. The number of rotatable bonds is 11. The van der Waals surface area contributed by atoms with Crippen LogP contribution in [0.1, 0.15) is 114 Å². The topological polar surface area (TPSA) is 228 Å². The molecule has 5 aliphatic heterocycles. The minimum Gasteiger partial charge on any atom is -0.483 e. The van der Waals surface area contributed by atoms with E-state index in [0.717, 1.165) is 59.3 Å². The molecule has 7 amide bonds. The van der Waals surface area contributed by atoms with Gasteiger partial charge >= 0.3 is 12.1 Å². The molecule has 5 aliphatic rings. The van der Waals surface area contributed by atoms with Crippen molar-refractivity contribution < 1.29 is 38.2 Å². The van der Waals surface area contributed by atoms with E-state index >= 15 is 0 Å². The smallest absolute Gasteiger partial charge is 0.408 e. The molecule has 0 saturated carbocycles. The standard InChI is InChI=1S/C57H70N12O8/c1-55(2,3)32-43(63-53(74)77-56(4,5)6)50-61-41-12-10-36(30-42(41)62-50)37-16-21-58-46(31-37)60-38-11-14-47(59-33-38)65-26-28-68(29-27-65)54(75)67-24-19-57(20-25-67)17-22-66(23-18-57)49(71)35-76-45-9-7-8-39-40(45)34-69(52(39)73)44-13-15-48(70)64-51(44)72/h7-12,14,16,21,30-31,33,43-44H,13,15,17-20,22-29,32,34-35H2,1-6H3,(H,58,60)(H,61,62)(H,63,74)(H,64,70,72). The predicted octanol–water partition coefficient (Wildman–Crippen LogP) is 7.55. The minimum absolute atomic E-state index is 0.0763. The predicted molar refractivity (Wildman–Crippen MR) is 289 cm³/mol. The highest BCUT2D eigenvalue weighted by molar-refractivity contribution is 6.05. The number of imide groups is 1. The molecule has 0 radical (unpaired) electrons. The summed E-state index contributed by atoms with van der Waals surface area (Å²) in [5.41, 5.74) is 4.86. The highest BCUT2D eigenvalue weighted by Crippen LogP contribution is 2.42. The number of carbonyl (C=O) groups is 6. The van der Waals surface area contributed by atoms with Gasteiger partial charge in [-0.25, -0.2) is 24.5 Å². The second-order valence-electron chi connectivity index (χ2n) is 23.4. The molecule has 4 N–H and O–H groups in total. The molecule has 4 saturated heterocycles. The first-order valence-corrected chi connectivity index (χ1v) is 26.9. The van der Waals surface area contributed by atoms with Gasteiger partial charge in [0.25, 0.3) is 11.8 Å². The summed E-state index contributed by atoms with van der Waals surface area (Å²) in [6.45, 7) is 17.1. The number of piperazine rings is 1. The SMILES string of the molecule is CC(C)(C)CC(NC(=O)OC(C)(C)C)c1nc2ccc(-c3ccnc(Nc4ccc(N5CCN(C(=O)N6CCC7(CCN(C(=O)COc8cccc9c8CN(C8CCC(=O)NC8=O)C9=O)CC7)CC6)CC5)nc4)c3)cc2[nH]1. The zero-order chi connectivity index (χ0) is 54.2. The van der Waals surface area contributed by atoms with Crippen molar-refractivity contribution in [1.82, 2.24) is 50.2 Å². The summed E-state index contributed by atoms with van der Waals surface area (Å²) >= 11 is 0. The Balaban J connectivity index is 0.663. The molecule has 3 aromatic heterocycles. The van der Waals surface area contributed by atoms with Gasteiger partial charge in [-0.2, -0.15) is 0 Å². The second-order valence-corrected chi connectivity index (χ2v) is 23.4. The van der Waals surface area contributed by atoms with Crippen molar-refractivity contribution in [2.45, 2.75) is 111 Å².